The molecule has 0 spiro atoms. The summed E-state index contributed by atoms with van der Waals surface area (Å²) in [6.45, 7) is 0. The Morgan fingerprint density at radius 1 is 0.893 bits per heavy atom. The number of hydrogen-bond donors (Lipinski definition) is 1. The van der Waals surface area contributed by atoms with Gasteiger partial charge in [-0.05, 0) is 25.7 Å². The quantitative estimate of drug-likeness (QED) is 0.180. The Bertz CT molecular complexity index is 620. The first-order chi connectivity index (χ1) is 12.5. The van der Waals surface area contributed by atoms with Crippen LogP contribution in [-0.2, 0) is 24.3 Å². The van der Waals surface area contributed by atoms with Crippen molar-refractivity contribution in [3.8, 4) is 0 Å². The molecule has 0 atom stereocenters. The minimum Gasteiger partial charge on any atom is -0.209 e. The molecule has 1 aliphatic carbocycles. The predicted octanol–water partition coefficient (Wildman–Crippen LogP) is 3.80. The summed E-state index contributed by atoms with van der Waals surface area (Å²) in [5, 5.41) is -2.97. The minimum absolute atomic E-state index is 0.103. The van der Waals surface area contributed by atoms with E-state index >= 15 is 0 Å². The predicted molar refractivity (Wildman–Crippen MR) is 75.8 cm³/mol. The molecule has 1 aliphatic rings. The van der Waals surface area contributed by atoms with Gasteiger partial charge in [0.2, 0.25) is 0 Å². The zero-order valence-electron chi connectivity index (χ0n) is 13.7. The molecule has 1 saturated carbocycles. The standard InChI is InChI=1S/C11H14F9NO5S2/c1-24-25-26-27-7-4-2-6(3-5-7)21-28(22,23)11(19,20)9(14,15)8(12,13)10(16,17)18/h6-7,21H,2-5H2,1H3. The van der Waals surface area contributed by atoms with Crippen molar-refractivity contribution in [3.63, 3.8) is 0 Å². The average Bonchev–Trinajstić information content (AvgIpc) is 2.55. The minimum atomic E-state index is -7.29. The molecule has 1 rings (SSSR count). The highest BCUT2D eigenvalue weighted by Crippen LogP contribution is 2.54. The van der Waals surface area contributed by atoms with Crippen molar-refractivity contribution in [1.82, 2.24) is 4.72 Å². The van der Waals surface area contributed by atoms with Gasteiger partial charge in [-0.2, -0.15) is 39.5 Å². The Kier molecular flexibility index (Phi) is 7.94. The lowest BCUT2D eigenvalue weighted by atomic mass is 9.96. The van der Waals surface area contributed by atoms with E-state index in [1.807, 2.05) is 0 Å². The van der Waals surface area contributed by atoms with Gasteiger partial charge in [-0.15, -0.1) is 4.33 Å². The number of rotatable bonds is 9. The first-order valence-corrected chi connectivity index (χ1v) is 9.55. The lowest BCUT2D eigenvalue weighted by molar-refractivity contribution is -0.447. The van der Waals surface area contributed by atoms with E-state index in [1.54, 1.807) is 0 Å². The average molecular weight is 475 g/mol. The molecule has 17 heteroatoms. The summed E-state index contributed by atoms with van der Waals surface area (Å²) in [4.78, 5) is 4.11. The SMILES string of the molecule is COOOSC1CCC(NS(=O)(=O)C(F)(F)C(F)(F)C(F)(F)C(F)(F)F)CC1. The molecule has 6 nitrogen and oxygen atoms in total. The molecule has 0 aromatic rings. The van der Waals surface area contributed by atoms with Gasteiger partial charge in [-0.3, -0.25) is 0 Å². The zero-order chi connectivity index (χ0) is 22.0. The van der Waals surface area contributed by atoms with Gasteiger partial charge < -0.3 is 0 Å². The van der Waals surface area contributed by atoms with Gasteiger partial charge in [-0.1, -0.05) is 5.04 Å². The van der Waals surface area contributed by atoms with Crippen LogP contribution in [0.1, 0.15) is 25.7 Å². The van der Waals surface area contributed by atoms with Gasteiger partial charge >= 0.3 is 23.3 Å². The van der Waals surface area contributed by atoms with Crippen LogP contribution in [0.5, 0.6) is 0 Å². The third-order valence-electron chi connectivity index (χ3n) is 3.72. The van der Waals surface area contributed by atoms with Crippen LogP contribution in [0, 0.1) is 0 Å². The van der Waals surface area contributed by atoms with Crippen LogP contribution in [-0.4, -0.2) is 50.1 Å². The summed E-state index contributed by atoms with van der Waals surface area (Å²) in [5.74, 6) is -14.5. The van der Waals surface area contributed by atoms with Crippen molar-refractivity contribution >= 4 is 22.1 Å². The fourth-order valence-electron chi connectivity index (χ4n) is 2.20. The van der Waals surface area contributed by atoms with Crippen LogP contribution in [0.2, 0.25) is 0 Å². The highest BCUT2D eigenvalue weighted by atomic mass is 32.2. The van der Waals surface area contributed by atoms with Gasteiger partial charge in [0.15, 0.2) is 0 Å². The number of nitrogens with one attached hydrogen (secondary N) is 1. The Balaban J connectivity index is 2.86. The largest absolute Gasteiger partial charge is 0.460 e. The Morgan fingerprint density at radius 2 is 1.39 bits per heavy atom. The molecule has 0 radical (unpaired) electrons. The number of hydrogen-bond acceptors (Lipinski definition) is 6. The Morgan fingerprint density at radius 3 is 1.82 bits per heavy atom. The molecule has 0 aromatic heterocycles. The molecular formula is C11H14F9NO5S2. The summed E-state index contributed by atoms with van der Waals surface area (Å²) in [6, 6.07) is -1.38. The second kappa shape index (κ2) is 8.71. The molecule has 0 heterocycles. The summed E-state index contributed by atoms with van der Waals surface area (Å²) < 4.78 is 144. The fourth-order valence-corrected chi connectivity index (χ4v) is 4.15. The number of alkyl halides is 9. The summed E-state index contributed by atoms with van der Waals surface area (Å²) in [7, 11) is -5.47. The van der Waals surface area contributed by atoms with Crippen molar-refractivity contribution in [2.24, 2.45) is 0 Å². The van der Waals surface area contributed by atoms with Crippen LogP contribution >= 0.6 is 12.0 Å². The maximum absolute atomic E-state index is 13.6. The maximum atomic E-state index is 13.6. The van der Waals surface area contributed by atoms with E-state index in [0.29, 0.717) is 0 Å². The molecule has 1 N–H and O–H groups in total. The first-order valence-electron chi connectivity index (χ1n) is 7.26. The molecule has 0 amide bonds. The second-order valence-corrected chi connectivity index (χ2v) is 8.41. The third kappa shape index (κ3) is 4.97. The maximum Gasteiger partial charge on any atom is 0.460 e. The van der Waals surface area contributed by atoms with Gasteiger partial charge in [0.1, 0.15) is 0 Å². The molecule has 1 fully saturated rings. The van der Waals surface area contributed by atoms with E-state index in [9.17, 15) is 47.9 Å². The van der Waals surface area contributed by atoms with Crippen LogP contribution in [0.15, 0.2) is 0 Å². The van der Waals surface area contributed by atoms with Gasteiger partial charge in [0, 0.05) is 23.3 Å². The normalized spacial score (nSPS) is 23.1. The summed E-state index contributed by atoms with van der Waals surface area (Å²) in [5.41, 5.74) is 0. The summed E-state index contributed by atoms with van der Waals surface area (Å²) >= 11 is 0.741. The van der Waals surface area contributed by atoms with Crippen molar-refractivity contribution in [1.29, 1.82) is 0 Å². The molecule has 0 aliphatic heterocycles. The van der Waals surface area contributed by atoms with E-state index in [0.717, 1.165) is 23.9 Å². The Labute approximate surface area is 157 Å². The zero-order valence-corrected chi connectivity index (χ0v) is 15.4. The smallest absolute Gasteiger partial charge is 0.209 e. The van der Waals surface area contributed by atoms with Gasteiger partial charge in [0.25, 0.3) is 10.0 Å². The molecular weight excluding hydrogens is 461 g/mol. The lowest BCUT2D eigenvalue weighted by Crippen LogP contribution is -2.65. The van der Waals surface area contributed by atoms with Gasteiger partial charge in [0.05, 0.1) is 7.11 Å². The van der Waals surface area contributed by atoms with E-state index in [-0.39, 0.29) is 30.9 Å². The molecule has 0 bridgehead atoms. The third-order valence-corrected chi connectivity index (χ3v) is 6.17. The van der Waals surface area contributed by atoms with E-state index < -0.39 is 39.3 Å². The van der Waals surface area contributed by atoms with Crippen molar-refractivity contribution < 1.29 is 62.2 Å². The highest BCUT2D eigenvalue weighted by molar-refractivity contribution is 7.95. The van der Waals surface area contributed by atoms with Crippen LogP contribution in [0.25, 0.3) is 0 Å². The Hall–Kier alpha value is -0.490. The molecule has 28 heavy (non-hydrogen) atoms. The monoisotopic (exact) mass is 475 g/mol. The first kappa shape index (κ1) is 25.5. The highest BCUT2D eigenvalue weighted by Gasteiger charge is 2.85. The van der Waals surface area contributed by atoms with E-state index in [1.165, 1.54) is 0 Å². The molecule has 0 saturated heterocycles. The molecule has 0 unspecified atom stereocenters. The number of halogens is 9. The van der Waals surface area contributed by atoms with E-state index in [4.69, 9.17) is 0 Å². The van der Waals surface area contributed by atoms with Crippen LogP contribution in [0.4, 0.5) is 39.5 Å². The van der Waals surface area contributed by atoms with Crippen molar-refractivity contribution in [2.75, 3.05) is 7.11 Å². The second-order valence-electron chi connectivity index (χ2n) is 5.66. The van der Waals surface area contributed by atoms with Crippen LogP contribution in [0.3, 0.4) is 0 Å². The lowest BCUT2D eigenvalue weighted by Gasteiger charge is -2.34. The summed E-state index contributed by atoms with van der Waals surface area (Å²) in [6.07, 6.45) is -7.30. The molecule has 168 valence electrons. The van der Waals surface area contributed by atoms with Crippen LogP contribution < -0.4 is 4.72 Å². The fraction of sp³-hybridized carbons (Fsp3) is 1.00. The topological polar surface area (TPSA) is 73.9 Å². The van der Waals surface area contributed by atoms with E-state index in [2.05, 4.69) is 14.3 Å². The van der Waals surface area contributed by atoms with Crippen molar-refractivity contribution in [3.05, 3.63) is 0 Å². The molecule has 0 aromatic carbocycles. The van der Waals surface area contributed by atoms with Gasteiger partial charge in [-0.25, -0.2) is 18.0 Å². The van der Waals surface area contributed by atoms with Crippen molar-refractivity contribution in [2.45, 2.75) is 60.3 Å². The number of sulfonamides is 1.